The smallest absolute Gasteiger partial charge is 0.418 e. The number of Topliss-reactive ketones (excluding diaryl/α,β-unsaturated/α-hetero) is 1. The van der Waals surface area contributed by atoms with E-state index in [0.717, 1.165) is 44.9 Å². The molecule has 0 aromatic heterocycles. The number of rotatable bonds is 15. The molecule has 0 bridgehead atoms. The molecule has 0 radical (unpaired) electrons. The van der Waals surface area contributed by atoms with Crippen molar-refractivity contribution in [3.05, 3.63) is 40.0 Å². The summed E-state index contributed by atoms with van der Waals surface area (Å²) in [5.41, 5.74) is -0.453. The summed E-state index contributed by atoms with van der Waals surface area (Å²) in [6.45, 7) is 7.23. The van der Waals surface area contributed by atoms with Crippen LogP contribution in [0.2, 0.25) is 0 Å². The maximum atomic E-state index is 13.6. The lowest BCUT2D eigenvalue weighted by Crippen LogP contribution is -2.55. The third-order valence-corrected chi connectivity index (χ3v) is 8.28. The highest BCUT2D eigenvalue weighted by Crippen LogP contribution is 2.31. The normalized spacial score (nSPS) is 16.3. The van der Waals surface area contributed by atoms with E-state index in [1.807, 2.05) is 30.3 Å². The monoisotopic (exact) mass is 662 g/mol. The molecule has 1 fully saturated rings. The van der Waals surface area contributed by atoms with E-state index < -0.39 is 41.3 Å². The van der Waals surface area contributed by atoms with Crippen LogP contribution in [0.4, 0.5) is 10.5 Å². The Morgan fingerprint density at radius 2 is 1.50 bits per heavy atom. The number of hydrogen-bond donors (Lipinski definition) is 1. The van der Waals surface area contributed by atoms with Gasteiger partial charge in [-0.05, 0) is 53.0 Å². The Balaban J connectivity index is 1.66. The molecule has 7 nitrogen and oxygen atoms in total. The number of hydrogen-bond acceptors (Lipinski definition) is 5. The van der Waals surface area contributed by atoms with Crippen LogP contribution in [0.25, 0.3) is 10.8 Å². The summed E-state index contributed by atoms with van der Waals surface area (Å²) in [6, 6.07) is 9.67. The number of nitrogens with zero attached hydrogens (tertiary/aromatic N) is 1. The summed E-state index contributed by atoms with van der Waals surface area (Å²) in [4.78, 5) is 54.1. The third kappa shape index (κ3) is 8.27. The predicted molar refractivity (Wildman–Crippen MR) is 167 cm³/mol. The summed E-state index contributed by atoms with van der Waals surface area (Å²) in [7, 11) is 0. The number of fused-ring (bicyclic) bond motifs is 1. The molecule has 2 aromatic carbocycles. The second-order valence-electron chi connectivity index (χ2n) is 11.7. The average Bonchev–Trinajstić information content (AvgIpc) is 3.17. The van der Waals surface area contributed by atoms with Gasteiger partial charge in [-0.2, -0.15) is 0 Å². The Kier molecular flexibility index (Phi) is 12.0. The number of carbonyl (C=O) groups is 4. The van der Waals surface area contributed by atoms with Crippen LogP contribution in [0.3, 0.4) is 0 Å². The summed E-state index contributed by atoms with van der Waals surface area (Å²) in [5, 5.41) is 4.59. The maximum absolute atomic E-state index is 13.6. The molecular weight excluding hydrogens is 619 g/mol. The second-order valence-corrected chi connectivity index (χ2v) is 12.9. The number of carbonyl (C=O) groups excluding carboxylic acids is 4. The van der Waals surface area contributed by atoms with Crippen molar-refractivity contribution in [3.8, 4) is 0 Å². The summed E-state index contributed by atoms with van der Waals surface area (Å²) >= 11 is 2.19. The molecule has 2 unspecified atom stereocenters. The van der Waals surface area contributed by atoms with E-state index >= 15 is 0 Å². The lowest BCUT2D eigenvalue weighted by atomic mass is 9.85. The summed E-state index contributed by atoms with van der Waals surface area (Å²) < 4.78 is 6.34. The third-order valence-electron chi connectivity index (χ3n) is 7.38. The fraction of sp³-hybridized carbons (Fsp3) is 0.562. The van der Waals surface area contributed by atoms with Crippen molar-refractivity contribution in [2.45, 2.75) is 110 Å². The van der Waals surface area contributed by atoms with Crippen molar-refractivity contribution < 1.29 is 23.9 Å². The van der Waals surface area contributed by atoms with Crippen LogP contribution in [0.1, 0.15) is 98.3 Å². The van der Waals surface area contributed by atoms with Crippen molar-refractivity contribution in [3.63, 3.8) is 0 Å². The van der Waals surface area contributed by atoms with Crippen LogP contribution in [0, 0.1) is 8.99 Å². The van der Waals surface area contributed by atoms with Crippen molar-refractivity contribution in [2.75, 3.05) is 5.32 Å². The molecule has 40 heavy (non-hydrogen) atoms. The molecule has 8 heteroatoms. The highest BCUT2D eigenvalue weighted by Gasteiger charge is 2.51. The standard InChI is InChI=1S/C32H43IN2O5/c1-5-6-7-8-9-10-11-12-13-14-21-25-30(38)35(31(39)40-25)27(28(36)32(2,3)4)29(37)34-24-20-16-18-22-17-15-19-23(33)26(22)24/h15-20,25,27H,5-14,21H2,1-4H3,(H,34,37). The van der Waals surface area contributed by atoms with Crippen LogP contribution in [0.5, 0.6) is 0 Å². The van der Waals surface area contributed by atoms with E-state index in [9.17, 15) is 19.2 Å². The molecule has 2 atom stereocenters. The zero-order valence-corrected chi connectivity index (χ0v) is 26.4. The fourth-order valence-electron chi connectivity index (χ4n) is 5.07. The lowest BCUT2D eigenvalue weighted by Gasteiger charge is -2.28. The first-order chi connectivity index (χ1) is 19.1. The van der Waals surface area contributed by atoms with Gasteiger partial charge >= 0.3 is 6.09 Å². The molecule has 1 heterocycles. The molecule has 2 aromatic rings. The molecule has 218 valence electrons. The minimum atomic E-state index is -1.62. The number of cyclic esters (lactones) is 1. The molecule has 1 N–H and O–H groups in total. The number of amides is 3. The topological polar surface area (TPSA) is 92.8 Å². The Morgan fingerprint density at radius 3 is 2.10 bits per heavy atom. The number of unbranched alkanes of at least 4 members (excludes halogenated alkanes) is 9. The van der Waals surface area contributed by atoms with Gasteiger partial charge in [0.05, 0.1) is 0 Å². The van der Waals surface area contributed by atoms with Gasteiger partial charge < -0.3 is 10.1 Å². The number of ketones is 1. The molecular formula is C32H43IN2O5. The molecule has 1 aliphatic rings. The minimum absolute atomic E-state index is 0.386. The van der Waals surface area contributed by atoms with Gasteiger partial charge in [0.15, 0.2) is 17.9 Å². The van der Waals surface area contributed by atoms with E-state index in [4.69, 9.17) is 4.74 Å². The molecule has 0 saturated carbocycles. The largest absolute Gasteiger partial charge is 0.436 e. The Hall–Kier alpha value is -2.49. The fourth-order valence-corrected chi connectivity index (χ4v) is 5.88. The Labute approximate surface area is 251 Å². The van der Waals surface area contributed by atoms with E-state index in [1.165, 1.54) is 38.5 Å². The minimum Gasteiger partial charge on any atom is -0.436 e. The van der Waals surface area contributed by atoms with Crippen molar-refractivity contribution in [1.82, 2.24) is 4.90 Å². The van der Waals surface area contributed by atoms with Gasteiger partial charge in [-0.1, -0.05) is 110 Å². The molecule has 0 spiro atoms. The van der Waals surface area contributed by atoms with Crippen LogP contribution in [-0.2, 0) is 19.1 Å². The molecule has 3 rings (SSSR count). The van der Waals surface area contributed by atoms with Gasteiger partial charge in [0.25, 0.3) is 11.8 Å². The summed E-state index contributed by atoms with van der Waals surface area (Å²) in [5.74, 6) is -1.87. The first-order valence-corrected chi connectivity index (χ1v) is 15.7. The van der Waals surface area contributed by atoms with E-state index in [2.05, 4.69) is 34.8 Å². The first-order valence-electron chi connectivity index (χ1n) is 14.6. The highest BCUT2D eigenvalue weighted by molar-refractivity contribution is 14.1. The second kappa shape index (κ2) is 14.9. The SMILES string of the molecule is CCCCCCCCCCCCC1OC(=O)N(C(C(=O)Nc2cccc3cccc(I)c23)C(=O)C(C)(C)C)C1=O. The quantitative estimate of drug-likeness (QED) is 0.119. The number of anilines is 1. The van der Waals surface area contributed by atoms with Gasteiger partial charge in [0.2, 0.25) is 0 Å². The van der Waals surface area contributed by atoms with E-state index in [1.54, 1.807) is 26.8 Å². The number of nitrogens with one attached hydrogen (secondary N) is 1. The number of halogens is 1. The van der Waals surface area contributed by atoms with Crippen molar-refractivity contribution in [2.24, 2.45) is 5.41 Å². The van der Waals surface area contributed by atoms with Crippen molar-refractivity contribution >= 4 is 62.7 Å². The maximum Gasteiger partial charge on any atom is 0.418 e. The zero-order chi connectivity index (χ0) is 29.3. The zero-order valence-electron chi connectivity index (χ0n) is 24.3. The number of benzene rings is 2. The van der Waals surface area contributed by atoms with Gasteiger partial charge in [-0.3, -0.25) is 14.4 Å². The van der Waals surface area contributed by atoms with Gasteiger partial charge in [0.1, 0.15) is 0 Å². The Bertz CT molecular complexity index is 1200. The average molecular weight is 663 g/mol. The van der Waals surface area contributed by atoms with E-state index in [0.29, 0.717) is 12.1 Å². The van der Waals surface area contributed by atoms with Crippen LogP contribution >= 0.6 is 22.6 Å². The first kappa shape index (κ1) is 32.0. The van der Waals surface area contributed by atoms with Crippen LogP contribution in [-0.4, -0.2) is 40.7 Å². The van der Waals surface area contributed by atoms with Gasteiger partial charge in [0, 0.05) is 20.1 Å². The molecule has 0 aliphatic carbocycles. The predicted octanol–water partition coefficient (Wildman–Crippen LogP) is 8.03. The highest BCUT2D eigenvalue weighted by atomic mass is 127. The molecule has 3 amide bonds. The molecule has 1 saturated heterocycles. The van der Waals surface area contributed by atoms with Crippen molar-refractivity contribution in [1.29, 1.82) is 0 Å². The lowest BCUT2D eigenvalue weighted by molar-refractivity contribution is -0.144. The van der Waals surface area contributed by atoms with Gasteiger partial charge in [-0.15, -0.1) is 0 Å². The van der Waals surface area contributed by atoms with Crippen LogP contribution < -0.4 is 5.32 Å². The molecule has 1 aliphatic heterocycles. The Morgan fingerprint density at radius 1 is 0.925 bits per heavy atom. The van der Waals surface area contributed by atoms with Crippen LogP contribution in [0.15, 0.2) is 36.4 Å². The summed E-state index contributed by atoms with van der Waals surface area (Å²) in [6.07, 6.45) is 10.0. The van der Waals surface area contributed by atoms with E-state index in [-0.39, 0.29) is 0 Å². The van der Waals surface area contributed by atoms with Gasteiger partial charge in [-0.25, -0.2) is 9.69 Å². The number of ether oxygens (including phenoxy) is 1. The number of imide groups is 1.